The molecule has 1 aromatic rings. The molecule has 0 atom stereocenters. The van der Waals surface area contributed by atoms with Crippen LogP contribution >= 0.6 is 11.3 Å². The summed E-state index contributed by atoms with van der Waals surface area (Å²) in [7, 11) is 0. The van der Waals surface area contributed by atoms with Crippen molar-refractivity contribution in [2.24, 2.45) is 0 Å². The van der Waals surface area contributed by atoms with E-state index in [1.807, 2.05) is 11.3 Å². The summed E-state index contributed by atoms with van der Waals surface area (Å²) >= 11 is 1.85. The van der Waals surface area contributed by atoms with Gasteiger partial charge >= 0.3 is 0 Å². The van der Waals surface area contributed by atoms with Crippen LogP contribution in [0.1, 0.15) is 31.2 Å². The highest BCUT2D eigenvalue weighted by Gasteiger charge is 2.00. The zero-order chi connectivity index (χ0) is 10.4. The predicted octanol–water partition coefficient (Wildman–Crippen LogP) is 3.37. The molecule has 0 aliphatic rings. The second kappa shape index (κ2) is 5.99. The molecule has 0 unspecified atom stereocenters. The molecule has 0 fully saturated rings. The standard InChI is InChI=1S/C12H19NS/c1-4-11-6-8-14-12(11)9-13-7-5-10(2)3/h5-6,8,13H,4,7,9H2,1-3H3. The van der Waals surface area contributed by atoms with Crippen LogP contribution in [0.4, 0.5) is 0 Å². The van der Waals surface area contributed by atoms with Crippen LogP contribution < -0.4 is 5.32 Å². The second-order valence-electron chi connectivity index (χ2n) is 3.63. The summed E-state index contributed by atoms with van der Waals surface area (Å²) in [6.45, 7) is 8.45. The second-order valence-corrected chi connectivity index (χ2v) is 4.64. The highest BCUT2D eigenvalue weighted by atomic mass is 32.1. The van der Waals surface area contributed by atoms with E-state index in [1.54, 1.807) is 0 Å². The Morgan fingerprint density at radius 1 is 1.50 bits per heavy atom. The SMILES string of the molecule is CCc1ccsc1CNCC=C(C)C. The first-order valence-corrected chi connectivity index (χ1v) is 6.01. The van der Waals surface area contributed by atoms with E-state index < -0.39 is 0 Å². The third-order valence-electron chi connectivity index (χ3n) is 2.16. The van der Waals surface area contributed by atoms with Gasteiger partial charge in [0.15, 0.2) is 0 Å². The third kappa shape index (κ3) is 3.64. The first-order valence-electron chi connectivity index (χ1n) is 5.13. The molecular formula is C12H19NS. The molecule has 0 saturated carbocycles. The van der Waals surface area contributed by atoms with Gasteiger partial charge < -0.3 is 5.32 Å². The van der Waals surface area contributed by atoms with Gasteiger partial charge in [0.1, 0.15) is 0 Å². The van der Waals surface area contributed by atoms with E-state index in [4.69, 9.17) is 0 Å². The zero-order valence-corrected chi connectivity index (χ0v) is 10.1. The first kappa shape index (κ1) is 11.5. The lowest BCUT2D eigenvalue weighted by molar-refractivity contribution is 0.761. The molecule has 14 heavy (non-hydrogen) atoms. The minimum atomic E-state index is 0.976. The third-order valence-corrected chi connectivity index (χ3v) is 3.12. The van der Waals surface area contributed by atoms with Crippen molar-refractivity contribution in [1.82, 2.24) is 5.32 Å². The van der Waals surface area contributed by atoms with E-state index in [2.05, 4.69) is 43.6 Å². The van der Waals surface area contributed by atoms with Gasteiger partial charge in [0, 0.05) is 18.0 Å². The van der Waals surface area contributed by atoms with Crippen LogP contribution in [0.2, 0.25) is 0 Å². The fraction of sp³-hybridized carbons (Fsp3) is 0.500. The number of hydrogen-bond acceptors (Lipinski definition) is 2. The Morgan fingerprint density at radius 3 is 2.93 bits per heavy atom. The quantitative estimate of drug-likeness (QED) is 0.579. The Labute approximate surface area is 90.9 Å². The van der Waals surface area contributed by atoms with Crippen LogP contribution in [-0.4, -0.2) is 6.54 Å². The molecule has 1 N–H and O–H groups in total. The van der Waals surface area contributed by atoms with Crippen molar-refractivity contribution in [2.75, 3.05) is 6.54 Å². The lowest BCUT2D eigenvalue weighted by atomic mass is 10.2. The largest absolute Gasteiger partial charge is 0.308 e. The van der Waals surface area contributed by atoms with E-state index in [1.165, 1.54) is 16.0 Å². The van der Waals surface area contributed by atoms with Gasteiger partial charge in [-0.2, -0.15) is 0 Å². The van der Waals surface area contributed by atoms with Crippen molar-refractivity contribution in [3.05, 3.63) is 33.5 Å². The highest BCUT2D eigenvalue weighted by molar-refractivity contribution is 7.10. The molecule has 0 saturated heterocycles. The van der Waals surface area contributed by atoms with E-state index in [0.29, 0.717) is 0 Å². The minimum absolute atomic E-state index is 0.976. The zero-order valence-electron chi connectivity index (χ0n) is 9.26. The van der Waals surface area contributed by atoms with Crippen LogP contribution in [0, 0.1) is 0 Å². The fourth-order valence-electron chi connectivity index (χ4n) is 1.30. The lowest BCUT2D eigenvalue weighted by Crippen LogP contribution is -2.13. The van der Waals surface area contributed by atoms with Gasteiger partial charge in [-0.3, -0.25) is 0 Å². The number of rotatable bonds is 5. The van der Waals surface area contributed by atoms with Crippen LogP contribution in [0.5, 0.6) is 0 Å². The molecule has 78 valence electrons. The maximum absolute atomic E-state index is 3.43. The normalized spacial score (nSPS) is 10.2. The first-order chi connectivity index (χ1) is 6.74. The fourth-order valence-corrected chi connectivity index (χ4v) is 2.24. The summed E-state index contributed by atoms with van der Waals surface area (Å²) in [4.78, 5) is 1.48. The number of allylic oxidation sites excluding steroid dienone is 1. The Kier molecular flexibility index (Phi) is 4.91. The van der Waals surface area contributed by atoms with Gasteiger partial charge in [-0.15, -0.1) is 11.3 Å². The highest BCUT2D eigenvalue weighted by Crippen LogP contribution is 2.16. The molecule has 1 rings (SSSR count). The Bertz CT molecular complexity index is 295. The molecule has 1 nitrogen and oxygen atoms in total. The minimum Gasteiger partial charge on any atom is -0.308 e. The Morgan fingerprint density at radius 2 is 2.29 bits per heavy atom. The summed E-state index contributed by atoms with van der Waals surface area (Å²) < 4.78 is 0. The number of nitrogens with one attached hydrogen (secondary N) is 1. The predicted molar refractivity (Wildman–Crippen MR) is 64.8 cm³/mol. The van der Waals surface area contributed by atoms with Gasteiger partial charge in [0.25, 0.3) is 0 Å². The van der Waals surface area contributed by atoms with Gasteiger partial charge in [-0.25, -0.2) is 0 Å². The summed E-state index contributed by atoms with van der Waals surface area (Å²) in [6.07, 6.45) is 3.36. The Hall–Kier alpha value is -0.600. The van der Waals surface area contributed by atoms with Crippen LogP contribution in [-0.2, 0) is 13.0 Å². The summed E-state index contributed by atoms with van der Waals surface area (Å²) in [5.74, 6) is 0. The van der Waals surface area contributed by atoms with Crippen molar-refractivity contribution in [3.8, 4) is 0 Å². The van der Waals surface area contributed by atoms with Gasteiger partial charge in [-0.1, -0.05) is 18.6 Å². The topological polar surface area (TPSA) is 12.0 Å². The average Bonchev–Trinajstić information content (AvgIpc) is 2.59. The number of thiophene rings is 1. The van der Waals surface area contributed by atoms with E-state index in [9.17, 15) is 0 Å². The monoisotopic (exact) mass is 209 g/mol. The van der Waals surface area contributed by atoms with Crippen molar-refractivity contribution < 1.29 is 0 Å². The van der Waals surface area contributed by atoms with Crippen molar-refractivity contribution in [1.29, 1.82) is 0 Å². The van der Waals surface area contributed by atoms with Crippen LogP contribution in [0.15, 0.2) is 23.1 Å². The lowest BCUT2D eigenvalue weighted by Gasteiger charge is -2.02. The molecule has 1 heterocycles. The summed E-state index contributed by atoms with van der Waals surface area (Å²) in [5.41, 5.74) is 2.86. The molecular weight excluding hydrogens is 190 g/mol. The van der Waals surface area contributed by atoms with Gasteiger partial charge in [0.2, 0.25) is 0 Å². The Balaban J connectivity index is 2.34. The summed E-state index contributed by atoms with van der Waals surface area (Å²) in [5, 5.41) is 5.61. The van der Waals surface area contributed by atoms with E-state index in [0.717, 1.165) is 19.5 Å². The molecule has 0 aliphatic heterocycles. The van der Waals surface area contributed by atoms with E-state index in [-0.39, 0.29) is 0 Å². The van der Waals surface area contributed by atoms with Gasteiger partial charge in [0.05, 0.1) is 0 Å². The van der Waals surface area contributed by atoms with E-state index >= 15 is 0 Å². The molecule has 0 aromatic carbocycles. The van der Waals surface area contributed by atoms with Crippen LogP contribution in [0.25, 0.3) is 0 Å². The maximum atomic E-state index is 3.43. The number of aryl methyl sites for hydroxylation is 1. The smallest absolute Gasteiger partial charge is 0.0305 e. The molecule has 0 aliphatic carbocycles. The molecule has 1 aromatic heterocycles. The van der Waals surface area contributed by atoms with Crippen LogP contribution in [0.3, 0.4) is 0 Å². The maximum Gasteiger partial charge on any atom is 0.0305 e. The molecule has 0 radical (unpaired) electrons. The number of hydrogen-bond donors (Lipinski definition) is 1. The molecule has 0 bridgehead atoms. The summed E-state index contributed by atoms with van der Waals surface area (Å²) in [6, 6.07) is 2.22. The van der Waals surface area contributed by atoms with Gasteiger partial charge in [-0.05, 0) is 37.3 Å². The molecule has 0 spiro atoms. The average molecular weight is 209 g/mol. The van der Waals surface area contributed by atoms with Crippen molar-refractivity contribution >= 4 is 11.3 Å². The molecule has 0 amide bonds. The molecule has 2 heteroatoms. The van der Waals surface area contributed by atoms with Crippen molar-refractivity contribution in [2.45, 2.75) is 33.7 Å². The van der Waals surface area contributed by atoms with Crippen molar-refractivity contribution in [3.63, 3.8) is 0 Å².